The normalized spacial score (nSPS) is 14.1. The lowest BCUT2D eigenvalue weighted by Crippen LogP contribution is -2.32. The standard InChI is InChI=1S/C22H20N4O3S.2C2HF3O2/c1-12-17(10-23-26-12)13-3-5-18-20(9-13)30-22(24-18)25-21(27)15-7-14-8-16(28-2)4-6-19(14)29-11-15;2*3-2(4,5)1(6)7/h3-6,8-10,15H,7,11H2,1-2H3,(H,23,26)(H,24,25,27);2*(H,6,7). The second kappa shape index (κ2) is 13.6. The number of ether oxygens (including phenoxy) is 2. The molecular formula is C26H22F6N4O7S. The molecule has 0 bridgehead atoms. The highest BCUT2D eigenvalue weighted by Gasteiger charge is 2.39. The number of carboxylic acids is 2. The number of thiazole rings is 1. The zero-order valence-electron chi connectivity index (χ0n) is 22.5. The van der Waals surface area contributed by atoms with Crippen LogP contribution >= 0.6 is 11.3 Å². The van der Waals surface area contributed by atoms with E-state index in [2.05, 4.69) is 26.6 Å². The number of aromatic amines is 1. The number of nitrogens with one attached hydrogen (secondary N) is 2. The number of amides is 1. The van der Waals surface area contributed by atoms with Gasteiger partial charge in [-0.05, 0) is 54.8 Å². The summed E-state index contributed by atoms with van der Waals surface area (Å²) < 4.78 is 75.5. The summed E-state index contributed by atoms with van der Waals surface area (Å²) in [7, 11) is 1.63. The van der Waals surface area contributed by atoms with Crippen molar-refractivity contribution < 1.29 is 60.4 Å². The minimum atomic E-state index is -5.08. The predicted molar refractivity (Wildman–Crippen MR) is 144 cm³/mol. The number of carbonyl (C=O) groups is 3. The van der Waals surface area contributed by atoms with Crippen LogP contribution in [0, 0.1) is 12.8 Å². The number of rotatable bonds is 4. The molecule has 11 nitrogen and oxygen atoms in total. The smallest absolute Gasteiger partial charge is 0.490 e. The van der Waals surface area contributed by atoms with Crippen LogP contribution in [-0.2, 0) is 20.8 Å². The lowest BCUT2D eigenvalue weighted by Gasteiger charge is -2.24. The van der Waals surface area contributed by atoms with Crippen LogP contribution < -0.4 is 14.8 Å². The average molecular weight is 649 g/mol. The first kappa shape index (κ1) is 33.6. The van der Waals surface area contributed by atoms with E-state index in [0.29, 0.717) is 18.2 Å². The van der Waals surface area contributed by atoms with Gasteiger partial charge in [0.15, 0.2) is 5.13 Å². The number of carboxylic acid groups (broad SMARTS) is 2. The second-order valence-electron chi connectivity index (χ2n) is 8.89. The summed E-state index contributed by atoms with van der Waals surface area (Å²) in [6, 6.07) is 11.7. The fraction of sp³-hybridized carbons (Fsp3) is 0.269. The zero-order chi connectivity index (χ0) is 32.8. The van der Waals surface area contributed by atoms with Gasteiger partial charge in [-0.1, -0.05) is 17.4 Å². The molecule has 44 heavy (non-hydrogen) atoms. The minimum Gasteiger partial charge on any atom is -0.497 e. The van der Waals surface area contributed by atoms with Gasteiger partial charge in [-0.25, -0.2) is 14.6 Å². The third kappa shape index (κ3) is 8.82. The molecule has 2 aromatic carbocycles. The Bertz CT molecular complexity index is 1630. The molecule has 18 heteroatoms. The number of fused-ring (bicyclic) bond motifs is 2. The first-order valence-electron chi connectivity index (χ1n) is 12.1. The molecule has 0 saturated heterocycles. The number of aromatic nitrogens is 3. The predicted octanol–water partition coefficient (Wildman–Crippen LogP) is 5.46. The quantitative estimate of drug-likeness (QED) is 0.211. The Kier molecular flexibility index (Phi) is 10.4. The van der Waals surface area contributed by atoms with Crippen molar-refractivity contribution in [3.8, 4) is 22.6 Å². The molecule has 0 saturated carbocycles. The number of nitrogens with zero attached hydrogens (tertiary/aromatic N) is 2. The number of carbonyl (C=O) groups excluding carboxylic acids is 1. The molecule has 0 spiro atoms. The van der Waals surface area contributed by atoms with E-state index in [0.717, 1.165) is 44.1 Å². The molecule has 4 N–H and O–H groups in total. The number of alkyl halides is 6. The van der Waals surface area contributed by atoms with E-state index in [4.69, 9.17) is 29.3 Å². The van der Waals surface area contributed by atoms with Gasteiger partial charge in [0.1, 0.15) is 18.1 Å². The Morgan fingerprint density at radius 1 is 1.05 bits per heavy atom. The van der Waals surface area contributed by atoms with Gasteiger partial charge in [0.2, 0.25) is 5.91 Å². The lowest BCUT2D eigenvalue weighted by molar-refractivity contribution is -0.193. The summed E-state index contributed by atoms with van der Waals surface area (Å²) in [4.78, 5) is 35.2. The molecule has 1 amide bonds. The number of benzene rings is 2. The first-order chi connectivity index (χ1) is 20.5. The first-order valence-corrected chi connectivity index (χ1v) is 12.9. The molecule has 1 unspecified atom stereocenters. The van der Waals surface area contributed by atoms with E-state index in [1.54, 1.807) is 7.11 Å². The van der Waals surface area contributed by atoms with Crippen LogP contribution in [0.5, 0.6) is 11.5 Å². The van der Waals surface area contributed by atoms with Crippen LogP contribution in [-0.4, -0.2) is 69.3 Å². The monoisotopic (exact) mass is 648 g/mol. The van der Waals surface area contributed by atoms with Gasteiger partial charge >= 0.3 is 24.3 Å². The Balaban J connectivity index is 0.000000317. The van der Waals surface area contributed by atoms with Crippen LogP contribution in [0.15, 0.2) is 42.6 Å². The fourth-order valence-electron chi connectivity index (χ4n) is 3.66. The Morgan fingerprint density at radius 3 is 2.23 bits per heavy atom. The molecule has 1 aliphatic rings. The maximum Gasteiger partial charge on any atom is 0.490 e. The Labute approximate surface area is 247 Å². The van der Waals surface area contributed by atoms with Crippen molar-refractivity contribution in [3.63, 3.8) is 0 Å². The van der Waals surface area contributed by atoms with Gasteiger partial charge in [0.25, 0.3) is 0 Å². The summed E-state index contributed by atoms with van der Waals surface area (Å²) in [5.74, 6) is -4.32. The molecule has 1 atom stereocenters. The second-order valence-corrected chi connectivity index (χ2v) is 9.92. The number of halogens is 6. The van der Waals surface area contributed by atoms with Crippen LogP contribution in [0.3, 0.4) is 0 Å². The van der Waals surface area contributed by atoms with Crippen molar-refractivity contribution >= 4 is 44.5 Å². The molecule has 2 aromatic heterocycles. The number of methoxy groups -OCH3 is 1. The lowest BCUT2D eigenvalue weighted by atomic mass is 9.96. The van der Waals surface area contributed by atoms with E-state index in [9.17, 15) is 31.1 Å². The number of aliphatic carboxylic acids is 2. The van der Waals surface area contributed by atoms with Crippen molar-refractivity contribution in [2.24, 2.45) is 5.92 Å². The maximum atomic E-state index is 12.8. The Hall–Kier alpha value is -4.87. The van der Waals surface area contributed by atoms with E-state index >= 15 is 0 Å². The van der Waals surface area contributed by atoms with Crippen molar-refractivity contribution in [1.82, 2.24) is 15.2 Å². The highest BCUT2D eigenvalue weighted by atomic mass is 32.1. The molecule has 3 heterocycles. The van der Waals surface area contributed by atoms with Crippen LogP contribution in [0.1, 0.15) is 11.3 Å². The summed E-state index contributed by atoms with van der Waals surface area (Å²) >= 11 is 1.46. The molecule has 236 valence electrons. The minimum absolute atomic E-state index is 0.0894. The zero-order valence-corrected chi connectivity index (χ0v) is 23.4. The highest BCUT2D eigenvalue weighted by Crippen LogP contribution is 2.33. The molecule has 4 aromatic rings. The van der Waals surface area contributed by atoms with Crippen molar-refractivity contribution in [2.75, 3.05) is 19.0 Å². The van der Waals surface area contributed by atoms with Gasteiger partial charge in [0.05, 0.1) is 29.4 Å². The number of hydrogen-bond donors (Lipinski definition) is 4. The van der Waals surface area contributed by atoms with Gasteiger partial charge in [-0.15, -0.1) is 0 Å². The summed E-state index contributed by atoms with van der Waals surface area (Å²) in [5, 5.41) is 24.9. The van der Waals surface area contributed by atoms with E-state index < -0.39 is 24.3 Å². The third-order valence-corrected chi connectivity index (χ3v) is 6.72. The van der Waals surface area contributed by atoms with Gasteiger partial charge in [-0.3, -0.25) is 9.89 Å². The third-order valence-electron chi connectivity index (χ3n) is 5.79. The Morgan fingerprint density at radius 2 is 1.68 bits per heavy atom. The SMILES string of the molecule is COc1ccc2c(c1)CC(C(=O)Nc1nc3ccc(-c4cn[nH]c4C)cc3s1)CO2.O=C(O)C(F)(F)F.O=C(O)C(F)(F)F. The van der Waals surface area contributed by atoms with Gasteiger partial charge in [-0.2, -0.15) is 31.4 Å². The number of anilines is 1. The van der Waals surface area contributed by atoms with Crippen molar-refractivity contribution in [2.45, 2.75) is 25.7 Å². The molecule has 0 radical (unpaired) electrons. The van der Waals surface area contributed by atoms with Crippen molar-refractivity contribution in [1.29, 1.82) is 0 Å². The summed E-state index contributed by atoms with van der Waals surface area (Å²) in [6.07, 6.45) is -7.75. The number of H-pyrrole nitrogens is 1. The van der Waals surface area contributed by atoms with Crippen LogP contribution in [0.4, 0.5) is 31.5 Å². The maximum absolute atomic E-state index is 12.8. The van der Waals surface area contributed by atoms with E-state index in [-0.39, 0.29) is 11.8 Å². The summed E-state index contributed by atoms with van der Waals surface area (Å²) in [5.41, 5.74) is 4.98. The van der Waals surface area contributed by atoms with E-state index in [1.165, 1.54) is 11.3 Å². The average Bonchev–Trinajstić information content (AvgIpc) is 3.56. The number of hydrogen-bond acceptors (Lipinski definition) is 8. The van der Waals surface area contributed by atoms with Gasteiger partial charge in [0, 0.05) is 11.3 Å². The van der Waals surface area contributed by atoms with Crippen LogP contribution in [0.25, 0.3) is 21.3 Å². The molecule has 1 aliphatic heterocycles. The highest BCUT2D eigenvalue weighted by molar-refractivity contribution is 7.22. The molecule has 0 aliphatic carbocycles. The largest absolute Gasteiger partial charge is 0.497 e. The number of aryl methyl sites for hydroxylation is 1. The fourth-order valence-corrected chi connectivity index (χ4v) is 4.57. The van der Waals surface area contributed by atoms with Gasteiger partial charge < -0.3 is 25.0 Å². The van der Waals surface area contributed by atoms with Crippen molar-refractivity contribution in [3.05, 3.63) is 53.9 Å². The molecule has 5 rings (SSSR count). The molecular weight excluding hydrogens is 626 g/mol. The molecule has 0 fully saturated rings. The van der Waals surface area contributed by atoms with E-state index in [1.807, 2.05) is 43.5 Å². The van der Waals surface area contributed by atoms with Crippen LogP contribution in [0.2, 0.25) is 0 Å². The summed E-state index contributed by atoms with van der Waals surface area (Å²) in [6.45, 7) is 2.34. The topological polar surface area (TPSA) is 164 Å².